The molecule has 1 rings (SSSR count). The highest BCUT2D eigenvalue weighted by molar-refractivity contribution is 7.14. The third-order valence-electron chi connectivity index (χ3n) is 2.84. The molecule has 0 saturated heterocycles. The Morgan fingerprint density at radius 1 is 1.22 bits per heavy atom. The number of hydrogen-bond acceptors (Lipinski definition) is 4. The highest BCUT2D eigenvalue weighted by Gasteiger charge is 2.11. The largest absolute Gasteiger partial charge is 0.309 e. The van der Waals surface area contributed by atoms with E-state index in [-0.39, 0.29) is 5.78 Å². The first-order valence-electron chi connectivity index (χ1n) is 6.48. The van der Waals surface area contributed by atoms with Crippen molar-refractivity contribution in [2.24, 2.45) is 0 Å². The molecule has 1 aromatic rings. The van der Waals surface area contributed by atoms with E-state index in [1.807, 2.05) is 13.1 Å². The highest BCUT2D eigenvalue weighted by atomic mass is 32.1. The number of carbonyl (C=O) groups excluding carboxylic acids is 1. The van der Waals surface area contributed by atoms with Gasteiger partial charge in [-0.25, -0.2) is 0 Å². The lowest BCUT2D eigenvalue weighted by atomic mass is 10.3. The van der Waals surface area contributed by atoms with Crippen molar-refractivity contribution < 1.29 is 4.79 Å². The molecule has 0 radical (unpaired) electrons. The molecule has 3 nitrogen and oxygen atoms in total. The van der Waals surface area contributed by atoms with Gasteiger partial charge >= 0.3 is 0 Å². The van der Waals surface area contributed by atoms with Crippen LogP contribution in [0.3, 0.4) is 0 Å². The molecule has 0 saturated carbocycles. The van der Waals surface area contributed by atoms with Crippen molar-refractivity contribution in [1.29, 1.82) is 0 Å². The van der Waals surface area contributed by atoms with Crippen LogP contribution in [0.2, 0.25) is 0 Å². The standard InChI is InChI=1S/C14H24N2OS/c1-5-12-7-8-14(18-12)13(17)11-16(4)10-6-9-15(2)3/h7-8H,5-6,9-11H2,1-4H3. The molecule has 0 aliphatic heterocycles. The number of rotatable bonds is 8. The van der Waals surface area contributed by atoms with Gasteiger partial charge in [0.1, 0.15) is 0 Å². The third-order valence-corrected chi connectivity index (χ3v) is 4.11. The molecule has 4 heteroatoms. The lowest BCUT2D eigenvalue weighted by Gasteiger charge is -2.16. The second-order valence-corrected chi connectivity index (χ2v) is 6.11. The fraction of sp³-hybridized carbons (Fsp3) is 0.643. The lowest BCUT2D eigenvalue weighted by Crippen LogP contribution is -2.28. The summed E-state index contributed by atoms with van der Waals surface area (Å²) >= 11 is 1.63. The maximum atomic E-state index is 12.0. The van der Waals surface area contributed by atoms with Gasteiger partial charge in [-0.15, -0.1) is 11.3 Å². The molecular weight excluding hydrogens is 244 g/mol. The van der Waals surface area contributed by atoms with Crippen molar-refractivity contribution in [2.45, 2.75) is 19.8 Å². The summed E-state index contributed by atoms with van der Waals surface area (Å²) in [5.74, 6) is 0.243. The molecule has 0 amide bonds. The molecule has 0 aromatic carbocycles. The van der Waals surface area contributed by atoms with Gasteiger partial charge in [-0.1, -0.05) is 6.92 Å². The van der Waals surface area contributed by atoms with Crippen LogP contribution in [0.15, 0.2) is 12.1 Å². The zero-order valence-corrected chi connectivity index (χ0v) is 12.7. The molecule has 0 aliphatic rings. The monoisotopic (exact) mass is 268 g/mol. The summed E-state index contributed by atoms with van der Waals surface area (Å²) in [5.41, 5.74) is 0. The Morgan fingerprint density at radius 2 is 1.94 bits per heavy atom. The second kappa shape index (κ2) is 7.67. The minimum atomic E-state index is 0.243. The number of likely N-dealkylation sites (N-methyl/N-ethyl adjacent to an activating group) is 1. The van der Waals surface area contributed by atoms with Gasteiger partial charge in [0.25, 0.3) is 0 Å². The minimum absolute atomic E-state index is 0.243. The molecule has 1 aromatic heterocycles. The number of thiophene rings is 1. The Labute approximate surface area is 114 Å². The van der Waals surface area contributed by atoms with Crippen LogP contribution in [0.4, 0.5) is 0 Å². The van der Waals surface area contributed by atoms with Crippen molar-refractivity contribution in [2.75, 3.05) is 40.8 Å². The summed E-state index contributed by atoms with van der Waals surface area (Å²) in [4.78, 5) is 18.5. The molecule has 0 spiro atoms. The lowest BCUT2D eigenvalue weighted by molar-refractivity contribution is 0.0948. The van der Waals surface area contributed by atoms with E-state index in [4.69, 9.17) is 0 Å². The van der Waals surface area contributed by atoms with Gasteiger partial charge in [0.15, 0.2) is 5.78 Å². The molecule has 0 aliphatic carbocycles. The Hall–Kier alpha value is -0.710. The highest BCUT2D eigenvalue weighted by Crippen LogP contribution is 2.17. The van der Waals surface area contributed by atoms with E-state index in [9.17, 15) is 4.79 Å². The van der Waals surface area contributed by atoms with Crippen molar-refractivity contribution >= 4 is 17.1 Å². The van der Waals surface area contributed by atoms with Crippen LogP contribution in [-0.4, -0.2) is 56.4 Å². The van der Waals surface area contributed by atoms with Gasteiger partial charge in [0.05, 0.1) is 11.4 Å². The van der Waals surface area contributed by atoms with Crippen molar-refractivity contribution in [3.8, 4) is 0 Å². The fourth-order valence-electron chi connectivity index (χ4n) is 1.78. The molecule has 0 atom stereocenters. The van der Waals surface area contributed by atoms with Crippen molar-refractivity contribution in [1.82, 2.24) is 9.80 Å². The van der Waals surface area contributed by atoms with E-state index in [0.29, 0.717) is 6.54 Å². The summed E-state index contributed by atoms with van der Waals surface area (Å²) in [5, 5.41) is 0. The Balaban J connectivity index is 2.35. The van der Waals surface area contributed by atoms with Crippen molar-refractivity contribution in [3.05, 3.63) is 21.9 Å². The molecule has 0 fully saturated rings. The summed E-state index contributed by atoms with van der Waals surface area (Å²) < 4.78 is 0. The first kappa shape index (κ1) is 15.3. The number of carbonyl (C=O) groups is 1. The number of Topliss-reactive ketones (excluding diaryl/α,β-unsaturated/α-hetero) is 1. The van der Waals surface area contributed by atoms with Crippen LogP contribution in [-0.2, 0) is 6.42 Å². The predicted octanol–water partition coefficient (Wildman–Crippen LogP) is 2.38. The third kappa shape index (κ3) is 5.29. The Morgan fingerprint density at radius 3 is 2.50 bits per heavy atom. The fourth-order valence-corrected chi connectivity index (χ4v) is 2.65. The van der Waals surface area contributed by atoms with E-state index in [2.05, 4.69) is 36.9 Å². The zero-order chi connectivity index (χ0) is 13.5. The van der Waals surface area contributed by atoms with Crippen molar-refractivity contribution in [3.63, 3.8) is 0 Å². The predicted molar refractivity (Wildman–Crippen MR) is 78.7 cm³/mol. The first-order chi connectivity index (χ1) is 8.52. The van der Waals surface area contributed by atoms with E-state index in [1.165, 1.54) is 4.88 Å². The van der Waals surface area contributed by atoms with Gasteiger partial charge < -0.3 is 4.90 Å². The van der Waals surface area contributed by atoms with Gasteiger partial charge in [0.2, 0.25) is 0 Å². The van der Waals surface area contributed by atoms with Crippen LogP contribution >= 0.6 is 11.3 Å². The Bertz CT molecular complexity index is 374. The number of aryl methyl sites for hydroxylation is 1. The molecule has 1 heterocycles. The van der Waals surface area contributed by atoms with Gasteiger partial charge in [-0.3, -0.25) is 9.69 Å². The molecule has 0 bridgehead atoms. The van der Waals surface area contributed by atoms with Crippen LogP contribution in [0, 0.1) is 0 Å². The van der Waals surface area contributed by atoms with Gasteiger partial charge in [0, 0.05) is 4.88 Å². The maximum absolute atomic E-state index is 12.0. The zero-order valence-electron chi connectivity index (χ0n) is 11.9. The molecular formula is C14H24N2OS. The van der Waals surface area contributed by atoms with E-state index >= 15 is 0 Å². The normalized spacial score (nSPS) is 11.4. The summed E-state index contributed by atoms with van der Waals surface area (Å²) in [6.07, 6.45) is 2.11. The minimum Gasteiger partial charge on any atom is -0.309 e. The molecule has 18 heavy (non-hydrogen) atoms. The van der Waals surface area contributed by atoms with Crippen LogP contribution in [0.25, 0.3) is 0 Å². The summed E-state index contributed by atoms with van der Waals surface area (Å²) in [6.45, 7) is 4.68. The Kier molecular flexibility index (Phi) is 6.54. The SMILES string of the molecule is CCc1ccc(C(=O)CN(C)CCCN(C)C)s1. The maximum Gasteiger partial charge on any atom is 0.186 e. The van der Waals surface area contributed by atoms with Crippen LogP contribution < -0.4 is 0 Å². The second-order valence-electron chi connectivity index (χ2n) is 4.94. The molecule has 102 valence electrons. The smallest absolute Gasteiger partial charge is 0.186 e. The van der Waals surface area contributed by atoms with Gasteiger partial charge in [-0.05, 0) is 59.2 Å². The summed E-state index contributed by atoms with van der Waals surface area (Å²) in [7, 11) is 6.16. The van der Waals surface area contributed by atoms with E-state index in [1.54, 1.807) is 11.3 Å². The average molecular weight is 268 g/mol. The summed E-state index contributed by atoms with van der Waals surface area (Å²) in [6, 6.07) is 4.02. The number of ketones is 1. The molecule has 0 N–H and O–H groups in total. The van der Waals surface area contributed by atoms with Crippen LogP contribution in [0.1, 0.15) is 27.9 Å². The number of hydrogen-bond donors (Lipinski definition) is 0. The van der Waals surface area contributed by atoms with Crippen LogP contribution in [0.5, 0.6) is 0 Å². The first-order valence-corrected chi connectivity index (χ1v) is 7.29. The quantitative estimate of drug-likeness (QED) is 0.676. The number of nitrogens with zero attached hydrogens (tertiary/aromatic N) is 2. The van der Waals surface area contributed by atoms with E-state index in [0.717, 1.165) is 30.8 Å². The molecule has 0 unspecified atom stereocenters. The van der Waals surface area contributed by atoms with E-state index < -0.39 is 0 Å². The topological polar surface area (TPSA) is 23.6 Å². The average Bonchev–Trinajstić information content (AvgIpc) is 2.76. The van der Waals surface area contributed by atoms with Gasteiger partial charge in [-0.2, -0.15) is 0 Å².